The summed E-state index contributed by atoms with van der Waals surface area (Å²) in [5, 5.41) is 9.54. The molecule has 0 atom stereocenters. The fourth-order valence-corrected chi connectivity index (χ4v) is 2.76. The van der Waals surface area contributed by atoms with Crippen LogP contribution in [0.2, 0.25) is 0 Å². The second-order valence-electron chi connectivity index (χ2n) is 4.67. The van der Waals surface area contributed by atoms with Crippen LogP contribution < -0.4 is 4.74 Å². The van der Waals surface area contributed by atoms with E-state index < -0.39 is 11.4 Å². The van der Waals surface area contributed by atoms with Crippen molar-refractivity contribution in [2.45, 2.75) is 31.1 Å². The van der Waals surface area contributed by atoms with Gasteiger partial charge in [-0.25, -0.2) is 0 Å². The molecule has 2 rings (SSSR count). The molecule has 1 aliphatic carbocycles. The number of carboxylic acid groups (broad SMARTS) is 1. The van der Waals surface area contributed by atoms with Crippen molar-refractivity contribution >= 4 is 12.3 Å². The van der Waals surface area contributed by atoms with Gasteiger partial charge in [-0.15, -0.1) is 0 Å². The number of hydrogen-bond donors (Lipinski definition) is 1. The van der Waals surface area contributed by atoms with Crippen molar-refractivity contribution in [2.75, 3.05) is 7.11 Å². The molecule has 1 N–H and O–H groups in total. The zero-order chi connectivity index (χ0) is 13.2. The van der Waals surface area contributed by atoms with Gasteiger partial charge >= 0.3 is 5.97 Å². The minimum atomic E-state index is -0.926. The third-order valence-electron chi connectivity index (χ3n) is 3.77. The van der Waals surface area contributed by atoms with Gasteiger partial charge in [-0.3, -0.25) is 9.59 Å². The molecule has 0 aliphatic heterocycles. The molecule has 0 heterocycles. The first kappa shape index (κ1) is 12.6. The van der Waals surface area contributed by atoms with Gasteiger partial charge in [-0.2, -0.15) is 0 Å². The lowest BCUT2D eigenvalue weighted by atomic mass is 9.77. The smallest absolute Gasteiger partial charge is 0.314 e. The SMILES string of the molecule is COc1ccc(C=O)c(C2(C(=O)O)CCCC2)c1. The Morgan fingerprint density at radius 3 is 2.56 bits per heavy atom. The molecule has 4 heteroatoms. The summed E-state index contributed by atoms with van der Waals surface area (Å²) in [6, 6.07) is 4.99. The maximum atomic E-state index is 11.6. The fourth-order valence-electron chi connectivity index (χ4n) is 2.76. The van der Waals surface area contributed by atoms with E-state index in [2.05, 4.69) is 0 Å². The summed E-state index contributed by atoms with van der Waals surface area (Å²) in [4.78, 5) is 22.7. The first-order valence-electron chi connectivity index (χ1n) is 6.01. The van der Waals surface area contributed by atoms with Gasteiger partial charge in [0.2, 0.25) is 0 Å². The van der Waals surface area contributed by atoms with Gasteiger partial charge in [-0.1, -0.05) is 12.8 Å². The molecule has 0 spiro atoms. The number of carboxylic acids is 1. The topological polar surface area (TPSA) is 63.6 Å². The zero-order valence-electron chi connectivity index (χ0n) is 10.3. The molecule has 0 radical (unpaired) electrons. The normalized spacial score (nSPS) is 17.4. The standard InChI is InChI=1S/C14H16O4/c1-18-11-5-4-10(9-15)12(8-11)14(13(16)17)6-2-3-7-14/h4-5,8-9H,2-3,6-7H2,1H3,(H,16,17). The van der Waals surface area contributed by atoms with Crippen LogP contribution in [0.5, 0.6) is 5.75 Å². The average molecular weight is 248 g/mol. The maximum absolute atomic E-state index is 11.6. The van der Waals surface area contributed by atoms with Crippen LogP contribution in [0.25, 0.3) is 0 Å². The van der Waals surface area contributed by atoms with Crippen LogP contribution in [0.15, 0.2) is 18.2 Å². The van der Waals surface area contributed by atoms with Gasteiger partial charge in [0.15, 0.2) is 0 Å². The summed E-state index contributed by atoms with van der Waals surface area (Å²) in [5.41, 5.74) is 0.104. The predicted octanol–water partition coefficient (Wildman–Crippen LogP) is 2.40. The highest BCUT2D eigenvalue weighted by Crippen LogP contribution is 2.43. The van der Waals surface area contributed by atoms with Gasteiger partial charge < -0.3 is 9.84 Å². The molecule has 96 valence electrons. The molecule has 4 nitrogen and oxygen atoms in total. The summed E-state index contributed by atoms with van der Waals surface area (Å²) < 4.78 is 5.13. The third kappa shape index (κ3) is 1.88. The molecule has 1 aromatic rings. The average Bonchev–Trinajstić information content (AvgIpc) is 2.88. The van der Waals surface area contributed by atoms with Crippen LogP contribution in [0.1, 0.15) is 41.6 Å². The van der Waals surface area contributed by atoms with Crippen molar-refractivity contribution in [1.29, 1.82) is 0 Å². The van der Waals surface area contributed by atoms with Crippen molar-refractivity contribution in [1.82, 2.24) is 0 Å². The molecule has 0 saturated heterocycles. The number of ether oxygens (including phenoxy) is 1. The zero-order valence-corrected chi connectivity index (χ0v) is 10.3. The van der Waals surface area contributed by atoms with Crippen LogP contribution in [0, 0.1) is 0 Å². The predicted molar refractivity (Wildman–Crippen MR) is 66.2 cm³/mol. The fraction of sp³-hybridized carbons (Fsp3) is 0.429. The Kier molecular flexibility index (Phi) is 3.36. The number of aliphatic carboxylic acids is 1. The van der Waals surface area contributed by atoms with Crippen LogP contribution in [0.3, 0.4) is 0 Å². The van der Waals surface area contributed by atoms with E-state index in [4.69, 9.17) is 4.74 Å². The van der Waals surface area contributed by atoms with Crippen molar-refractivity contribution in [3.63, 3.8) is 0 Å². The molecular weight excluding hydrogens is 232 g/mol. The Balaban J connectivity index is 2.59. The van der Waals surface area contributed by atoms with Gasteiger partial charge in [0, 0.05) is 5.56 Å². The number of methoxy groups -OCH3 is 1. The van der Waals surface area contributed by atoms with Crippen molar-refractivity contribution in [3.8, 4) is 5.75 Å². The molecule has 0 unspecified atom stereocenters. The molecular formula is C14H16O4. The Hall–Kier alpha value is -1.84. The van der Waals surface area contributed by atoms with Crippen LogP contribution in [-0.2, 0) is 10.2 Å². The molecule has 0 aromatic heterocycles. The van der Waals surface area contributed by atoms with Gasteiger partial charge in [0.1, 0.15) is 12.0 Å². The molecule has 18 heavy (non-hydrogen) atoms. The van der Waals surface area contributed by atoms with E-state index >= 15 is 0 Å². The summed E-state index contributed by atoms with van der Waals surface area (Å²) in [5.74, 6) is -0.264. The van der Waals surface area contributed by atoms with Gasteiger partial charge in [-0.05, 0) is 36.6 Å². The second-order valence-corrected chi connectivity index (χ2v) is 4.67. The lowest BCUT2D eigenvalue weighted by molar-refractivity contribution is -0.143. The highest BCUT2D eigenvalue weighted by molar-refractivity contribution is 5.88. The van der Waals surface area contributed by atoms with Gasteiger partial charge in [0.25, 0.3) is 0 Å². The lowest BCUT2D eigenvalue weighted by Gasteiger charge is -2.26. The number of benzene rings is 1. The van der Waals surface area contributed by atoms with E-state index in [0.717, 1.165) is 19.1 Å². The molecule has 0 amide bonds. The monoisotopic (exact) mass is 248 g/mol. The largest absolute Gasteiger partial charge is 0.497 e. The lowest BCUT2D eigenvalue weighted by Crippen LogP contribution is -2.33. The van der Waals surface area contributed by atoms with E-state index in [-0.39, 0.29) is 0 Å². The highest BCUT2D eigenvalue weighted by atomic mass is 16.5. The number of aldehydes is 1. The molecule has 1 fully saturated rings. The summed E-state index contributed by atoms with van der Waals surface area (Å²) in [7, 11) is 1.53. The Labute approximate surface area is 106 Å². The third-order valence-corrected chi connectivity index (χ3v) is 3.77. The van der Waals surface area contributed by atoms with E-state index in [1.807, 2.05) is 0 Å². The number of hydrogen-bond acceptors (Lipinski definition) is 3. The minimum absolute atomic E-state index is 0.445. The van der Waals surface area contributed by atoms with E-state index in [1.165, 1.54) is 7.11 Å². The second kappa shape index (κ2) is 4.80. The van der Waals surface area contributed by atoms with Crippen LogP contribution in [-0.4, -0.2) is 24.5 Å². The van der Waals surface area contributed by atoms with Crippen LogP contribution in [0.4, 0.5) is 0 Å². The van der Waals surface area contributed by atoms with Crippen molar-refractivity contribution in [2.24, 2.45) is 0 Å². The Morgan fingerprint density at radius 2 is 2.06 bits per heavy atom. The van der Waals surface area contributed by atoms with Crippen LogP contribution >= 0.6 is 0 Å². The number of carbonyl (C=O) groups is 2. The molecule has 1 saturated carbocycles. The Morgan fingerprint density at radius 1 is 1.39 bits per heavy atom. The number of carbonyl (C=O) groups excluding carboxylic acids is 1. The molecule has 1 aliphatic rings. The quantitative estimate of drug-likeness (QED) is 0.831. The first-order valence-corrected chi connectivity index (χ1v) is 6.01. The van der Waals surface area contributed by atoms with Crippen molar-refractivity contribution < 1.29 is 19.4 Å². The Bertz CT molecular complexity index is 473. The van der Waals surface area contributed by atoms with Gasteiger partial charge in [0.05, 0.1) is 12.5 Å². The summed E-state index contributed by atoms with van der Waals surface area (Å²) in [6.45, 7) is 0. The van der Waals surface area contributed by atoms with E-state index in [0.29, 0.717) is 29.7 Å². The minimum Gasteiger partial charge on any atom is -0.497 e. The summed E-state index contributed by atoms with van der Waals surface area (Å²) in [6.07, 6.45) is 3.63. The van der Waals surface area contributed by atoms with E-state index in [9.17, 15) is 14.7 Å². The molecule has 0 bridgehead atoms. The molecule has 1 aromatic carbocycles. The summed E-state index contributed by atoms with van der Waals surface area (Å²) >= 11 is 0. The highest BCUT2D eigenvalue weighted by Gasteiger charge is 2.44. The number of rotatable bonds is 4. The first-order chi connectivity index (χ1) is 8.64. The maximum Gasteiger partial charge on any atom is 0.314 e. The van der Waals surface area contributed by atoms with Crippen molar-refractivity contribution in [3.05, 3.63) is 29.3 Å². The van der Waals surface area contributed by atoms with E-state index in [1.54, 1.807) is 18.2 Å².